The minimum atomic E-state index is -0.967. The molecule has 2 N–H and O–H groups in total. The molecular formula is C22H24O4. The molecule has 0 radical (unpaired) electrons. The van der Waals surface area contributed by atoms with Crippen LogP contribution in [0.5, 0.6) is 11.5 Å². The van der Waals surface area contributed by atoms with Crippen molar-refractivity contribution in [2.24, 2.45) is 0 Å². The average Bonchev–Trinajstić information content (AvgIpc) is 2.88. The maximum absolute atomic E-state index is 10.7. The zero-order chi connectivity index (χ0) is 19.2. The van der Waals surface area contributed by atoms with E-state index in [1.54, 1.807) is 6.08 Å². The average molecular weight is 352 g/mol. The van der Waals surface area contributed by atoms with Crippen LogP contribution in [0.2, 0.25) is 0 Å². The lowest BCUT2D eigenvalue weighted by atomic mass is 9.78. The number of benzene rings is 2. The van der Waals surface area contributed by atoms with Crippen LogP contribution in [0.3, 0.4) is 0 Å². The Bertz CT molecular complexity index is 905. The van der Waals surface area contributed by atoms with E-state index in [0.717, 1.165) is 45.2 Å². The van der Waals surface area contributed by atoms with Gasteiger partial charge in [0.2, 0.25) is 0 Å². The summed E-state index contributed by atoms with van der Waals surface area (Å²) in [6.45, 7) is 9.93. The van der Waals surface area contributed by atoms with Crippen LogP contribution in [0, 0.1) is 20.8 Å². The van der Waals surface area contributed by atoms with Crippen molar-refractivity contribution < 1.29 is 19.7 Å². The summed E-state index contributed by atoms with van der Waals surface area (Å²) in [6.07, 6.45) is 2.70. The molecule has 1 atom stereocenters. The molecule has 2 aromatic carbocycles. The minimum Gasteiger partial charge on any atom is -0.507 e. The Morgan fingerprint density at radius 1 is 1.08 bits per heavy atom. The van der Waals surface area contributed by atoms with Crippen molar-refractivity contribution in [3.63, 3.8) is 0 Å². The van der Waals surface area contributed by atoms with Gasteiger partial charge in [0.15, 0.2) is 0 Å². The Balaban J connectivity index is 2.11. The van der Waals surface area contributed by atoms with Crippen molar-refractivity contribution in [2.45, 2.75) is 46.1 Å². The molecule has 4 nitrogen and oxygen atoms in total. The first kappa shape index (κ1) is 18.1. The number of carboxylic acid groups (broad SMARTS) is 1. The lowest BCUT2D eigenvalue weighted by molar-refractivity contribution is -0.131. The molecule has 136 valence electrons. The summed E-state index contributed by atoms with van der Waals surface area (Å²) in [6, 6.07) is 7.80. The third-order valence-electron chi connectivity index (χ3n) is 5.30. The standard InChI is InChI=1S/C22H24O4/c1-12-13(2)21-18(14(3)20(12)25)19(22(4,5)26-21)16-9-6-15(7-10-16)8-11-17(23)24/h6-11,19,25H,1-5H3,(H,23,24)/b11-8+. The van der Waals surface area contributed by atoms with E-state index < -0.39 is 11.6 Å². The number of fused-ring (bicyclic) bond motifs is 1. The van der Waals surface area contributed by atoms with E-state index in [2.05, 4.69) is 13.8 Å². The molecule has 0 bridgehead atoms. The van der Waals surface area contributed by atoms with Gasteiger partial charge in [-0.15, -0.1) is 0 Å². The highest BCUT2D eigenvalue weighted by Crippen LogP contribution is 2.53. The summed E-state index contributed by atoms with van der Waals surface area (Å²) in [5, 5.41) is 19.3. The van der Waals surface area contributed by atoms with Gasteiger partial charge in [-0.05, 0) is 68.5 Å². The number of hydrogen-bond acceptors (Lipinski definition) is 3. The summed E-state index contributed by atoms with van der Waals surface area (Å²) in [5.74, 6) is 0.210. The van der Waals surface area contributed by atoms with Crippen LogP contribution < -0.4 is 4.74 Å². The van der Waals surface area contributed by atoms with E-state index in [1.165, 1.54) is 0 Å². The van der Waals surface area contributed by atoms with Crippen molar-refractivity contribution in [2.75, 3.05) is 0 Å². The van der Waals surface area contributed by atoms with Gasteiger partial charge in [0.05, 0.1) is 5.92 Å². The highest BCUT2D eigenvalue weighted by molar-refractivity contribution is 5.85. The molecule has 0 aliphatic carbocycles. The number of aliphatic carboxylic acids is 1. The minimum absolute atomic E-state index is 0.0137. The Morgan fingerprint density at radius 2 is 1.69 bits per heavy atom. The highest BCUT2D eigenvalue weighted by atomic mass is 16.5. The molecule has 3 rings (SSSR count). The van der Waals surface area contributed by atoms with E-state index in [9.17, 15) is 9.90 Å². The number of rotatable bonds is 3. The quantitative estimate of drug-likeness (QED) is 0.785. The van der Waals surface area contributed by atoms with E-state index in [1.807, 2.05) is 45.0 Å². The SMILES string of the molecule is Cc1c(C)c2c(c(C)c1O)C(c1ccc(/C=C/C(=O)O)cc1)C(C)(C)O2. The first-order valence-corrected chi connectivity index (χ1v) is 8.66. The third kappa shape index (κ3) is 2.85. The fraction of sp³-hybridized carbons (Fsp3) is 0.318. The molecule has 0 amide bonds. The maximum atomic E-state index is 10.7. The molecule has 1 unspecified atom stereocenters. The second-order valence-electron chi connectivity index (χ2n) is 7.44. The number of hydrogen-bond donors (Lipinski definition) is 2. The van der Waals surface area contributed by atoms with Gasteiger partial charge in [0.1, 0.15) is 17.1 Å². The lowest BCUT2D eigenvalue weighted by Crippen LogP contribution is -2.31. The fourth-order valence-electron chi connectivity index (χ4n) is 3.81. The Labute approximate surface area is 153 Å². The molecule has 2 aromatic rings. The normalized spacial score (nSPS) is 18.0. The second kappa shape index (κ2) is 6.20. The molecule has 1 heterocycles. The van der Waals surface area contributed by atoms with Crippen molar-refractivity contribution >= 4 is 12.0 Å². The van der Waals surface area contributed by atoms with Gasteiger partial charge in [0, 0.05) is 11.6 Å². The number of ether oxygens (including phenoxy) is 1. The summed E-state index contributed by atoms with van der Waals surface area (Å²) in [4.78, 5) is 10.7. The smallest absolute Gasteiger partial charge is 0.328 e. The van der Waals surface area contributed by atoms with Crippen LogP contribution in [0.1, 0.15) is 53.1 Å². The van der Waals surface area contributed by atoms with Crippen LogP contribution >= 0.6 is 0 Å². The predicted octanol–water partition coefficient (Wildman–Crippen LogP) is 4.72. The number of phenolic OH excluding ortho intramolecular Hbond substituents is 1. The second-order valence-corrected chi connectivity index (χ2v) is 7.44. The van der Waals surface area contributed by atoms with Crippen molar-refractivity contribution in [1.29, 1.82) is 0 Å². The zero-order valence-electron chi connectivity index (χ0n) is 15.8. The number of aromatic hydroxyl groups is 1. The van der Waals surface area contributed by atoms with Crippen LogP contribution in [0.15, 0.2) is 30.3 Å². The number of phenols is 1. The van der Waals surface area contributed by atoms with Crippen molar-refractivity contribution in [1.82, 2.24) is 0 Å². The Morgan fingerprint density at radius 3 is 2.27 bits per heavy atom. The largest absolute Gasteiger partial charge is 0.507 e. The molecule has 1 aliphatic heterocycles. The summed E-state index contributed by atoms with van der Waals surface area (Å²) in [7, 11) is 0. The van der Waals surface area contributed by atoms with Gasteiger partial charge in [-0.3, -0.25) is 0 Å². The van der Waals surface area contributed by atoms with E-state index in [0.29, 0.717) is 5.75 Å². The maximum Gasteiger partial charge on any atom is 0.328 e. The van der Waals surface area contributed by atoms with Crippen LogP contribution in [0.4, 0.5) is 0 Å². The van der Waals surface area contributed by atoms with Gasteiger partial charge >= 0.3 is 5.97 Å². The highest BCUT2D eigenvalue weighted by Gasteiger charge is 2.44. The molecule has 0 spiro atoms. The predicted molar refractivity (Wildman–Crippen MR) is 102 cm³/mol. The fourth-order valence-corrected chi connectivity index (χ4v) is 3.81. The van der Waals surface area contributed by atoms with Crippen LogP contribution in [0.25, 0.3) is 6.08 Å². The van der Waals surface area contributed by atoms with E-state index >= 15 is 0 Å². The Hall–Kier alpha value is -2.75. The zero-order valence-corrected chi connectivity index (χ0v) is 15.8. The molecule has 0 fully saturated rings. The molecule has 1 aliphatic rings. The third-order valence-corrected chi connectivity index (χ3v) is 5.30. The summed E-state index contributed by atoms with van der Waals surface area (Å²) >= 11 is 0. The molecular weight excluding hydrogens is 328 g/mol. The number of carbonyl (C=O) groups is 1. The molecule has 4 heteroatoms. The molecule has 0 aromatic heterocycles. The monoisotopic (exact) mass is 352 g/mol. The van der Waals surface area contributed by atoms with Gasteiger partial charge in [-0.1, -0.05) is 24.3 Å². The lowest BCUT2D eigenvalue weighted by Gasteiger charge is -2.27. The molecule has 26 heavy (non-hydrogen) atoms. The van der Waals surface area contributed by atoms with E-state index in [-0.39, 0.29) is 5.92 Å². The first-order chi connectivity index (χ1) is 12.1. The van der Waals surface area contributed by atoms with Crippen molar-refractivity contribution in [3.8, 4) is 11.5 Å². The molecule has 0 saturated carbocycles. The topological polar surface area (TPSA) is 66.8 Å². The van der Waals surface area contributed by atoms with Gasteiger partial charge in [-0.25, -0.2) is 4.79 Å². The summed E-state index contributed by atoms with van der Waals surface area (Å²) in [5.41, 5.74) is 5.17. The number of carboxylic acids is 1. The van der Waals surface area contributed by atoms with E-state index in [4.69, 9.17) is 9.84 Å². The van der Waals surface area contributed by atoms with Crippen LogP contribution in [-0.2, 0) is 4.79 Å². The van der Waals surface area contributed by atoms with Crippen LogP contribution in [-0.4, -0.2) is 21.8 Å². The van der Waals surface area contributed by atoms with Gasteiger partial charge < -0.3 is 14.9 Å². The Kier molecular flexibility index (Phi) is 4.31. The molecule has 0 saturated heterocycles. The summed E-state index contributed by atoms with van der Waals surface area (Å²) < 4.78 is 6.32. The first-order valence-electron chi connectivity index (χ1n) is 8.66. The van der Waals surface area contributed by atoms with Gasteiger partial charge in [0.25, 0.3) is 0 Å². The van der Waals surface area contributed by atoms with Crippen molar-refractivity contribution in [3.05, 3.63) is 63.7 Å². The van der Waals surface area contributed by atoms with Gasteiger partial charge in [-0.2, -0.15) is 0 Å².